The smallest absolute Gasteiger partial charge is 0.268 e. The van der Waals surface area contributed by atoms with Crippen molar-refractivity contribution in [3.8, 4) is 0 Å². The summed E-state index contributed by atoms with van der Waals surface area (Å²) in [6, 6.07) is 4.54. The number of halogens is 4. The molecule has 2 aromatic rings. The molecule has 10 heteroatoms. The highest BCUT2D eigenvalue weighted by atomic mass is 79.9. The van der Waals surface area contributed by atoms with Crippen molar-refractivity contribution < 1.29 is 23.6 Å². The van der Waals surface area contributed by atoms with E-state index >= 15 is 0 Å². The topological polar surface area (TPSA) is 60.9 Å². The van der Waals surface area contributed by atoms with E-state index in [1.165, 1.54) is 6.07 Å². The number of carbonyl (C=O) groups is 2. The maximum atomic E-state index is 13.9. The number of benzene rings is 1. The van der Waals surface area contributed by atoms with Gasteiger partial charge in [-0.15, -0.1) is 11.3 Å². The highest BCUT2D eigenvalue weighted by molar-refractivity contribution is 9.10. The van der Waals surface area contributed by atoms with E-state index in [1.54, 1.807) is 0 Å². The predicted molar refractivity (Wildman–Crippen MR) is 85.8 cm³/mol. The van der Waals surface area contributed by atoms with E-state index < -0.39 is 41.7 Å². The Kier molecular flexibility index (Phi) is 4.60. The maximum Gasteiger partial charge on any atom is 0.268 e. The van der Waals surface area contributed by atoms with E-state index in [0.717, 1.165) is 34.4 Å². The number of rotatable bonds is 2. The lowest BCUT2D eigenvalue weighted by Crippen LogP contribution is -2.34. The molecule has 2 amide bonds. The molecule has 1 aromatic carbocycles. The van der Waals surface area contributed by atoms with E-state index in [4.69, 9.17) is 11.6 Å². The monoisotopic (exact) mass is 436 g/mol. The summed E-state index contributed by atoms with van der Waals surface area (Å²) in [5.41, 5.74) is -0.785. The third-order valence-electron chi connectivity index (χ3n) is 3.44. The second-order valence-corrected chi connectivity index (χ2v) is 7.45. The van der Waals surface area contributed by atoms with Crippen molar-refractivity contribution in [2.45, 2.75) is 6.17 Å². The molecular formula is C14H8BrClF2N2O3S. The average molecular weight is 438 g/mol. The van der Waals surface area contributed by atoms with Crippen LogP contribution in [0.3, 0.4) is 0 Å². The molecule has 0 bridgehead atoms. The summed E-state index contributed by atoms with van der Waals surface area (Å²) >= 11 is 10.2. The van der Waals surface area contributed by atoms with E-state index in [1.807, 2.05) is 0 Å². The van der Waals surface area contributed by atoms with E-state index in [0.29, 0.717) is 18.7 Å². The van der Waals surface area contributed by atoms with Gasteiger partial charge in [0.2, 0.25) is 0 Å². The molecule has 1 aliphatic rings. The lowest BCUT2D eigenvalue weighted by atomic mass is 10.1. The van der Waals surface area contributed by atoms with Crippen molar-refractivity contribution >= 4 is 50.7 Å². The van der Waals surface area contributed by atoms with Gasteiger partial charge in [0.25, 0.3) is 11.8 Å². The SMILES string of the molecule is O=C1CN(C(=O)c2c(F)cccc2F)C(c2cc(Br)c(Cl)s2)N1O. The van der Waals surface area contributed by atoms with E-state index in [2.05, 4.69) is 15.9 Å². The van der Waals surface area contributed by atoms with Crippen molar-refractivity contribution in [3.05, 3.63) is 55.1 Å². The van der Waals surface area contributed by atoms with Gasteiger partial charge in [-0.1, -0.05) is 17.7 Å². The lowest BCUT2D eigenvalue weighted by Gasteiger charge is -2.25. The zero-order valence-corrected chi connectivity index (χ0v) is 14.8. The fraction of sp³-hybridized carbons (Fsp3) is 0.143. The number of amides is 2. The van der Waals surface area contributed by atoms with Gasteiger partial charge in [0.15, 0.2) is 6.17 Å². The lowest BCUT2D eigenvalue weighted by molar-refractivity contribution is -0.168. The van der Waals surface area contributed by atoms with Gasteiger partial charge in [0, 0.05) is 4.47 Å². The van der Waals surface area contributed by atoms with Gasteiger partial charge in [0.05, 0.1) is 4.88 Å². The van der Waals surface area contributed by atoms with Gasteiger partial charge in [-0.3, -0.25) is 14.8 Å². The molecular weight excluding hydrogens is 430 g/mol. The molecule has 5 nitrogen and oxygen atoms in total. The molecule has 2 heterocycles. The minimum absolute atomic E-state index is 0.349. The van der Waals surface area contributed by atoms with Crippen LogP contribution in [0, 0.1) is 11.6 Å². The number of hydrogen-bond donors (Lipinski definition) is 1. The molecule has 0 saturated carbocycles. The summed E-state index contributed by atoms with van der Waals surface area (Å²) in [7, 11) is 0. The molecule has 1 saturated heterocycles. The number of carbonyl (C=O) groups excluding carboxylic acids is 2. The number of hydrogen-bond acceptors (Lipinski definition) is 4. The van der Waals surface area contributed by atoms with Gasteiger partial charge in [0.1, 0.15) is 28.1 Å². The normalized spacial score (nSPS) is 17.7. The summed E-state index contributed by atoms with van der Waals surface area (Å²) in [6.07, 6.45) is -1.21. The molecule has 0 radical (unpaired) electrons. The Bertz CT molecular complexity index is 808. The van der Waals surface area contributed by atoms with Crippen molar-refractivity contribution in [1.82, 2.24) is 9.96 Å². The molecule has 1 aromatic heterocycles. The van der Waals surface area contributed by atoms with Crippen LogP contribution < -0.4 is 0 Å². The molecule has 24 heavy (non-hydrogen) atoms. The van der Waals surface area contributed by atoms with Crippen molar-refractivity contribution in [2.75, 3.05) is 6.54 Å². The zero-order valence-electron chi connectivity index (χ0n) is 11.7. The van der Waals surface area contributed by atoms with Crippen LogP contribution in [0.5, 0.6) is 0 Å². The van der Waals surface area contributed by atoms with Crippen molar-refractivity contribution in [2.24, 2.45) is 0 Å². The zero-order chi connectivity index (χ0) is 17.6. The predicted octanol–water partition coefficient (Wildman–Crippen LogP) is 3.81. The Morgan fingerprint density at radius 3 is 2.54 bits per heavy atom. The van der Waals surface area contributed by atoms with Crippen LogP contribution in [-0.4, -0.2) is 33.5 Å². The Hall–Kier alpha value is -1.55. The first-order valence-electron chi connectivity index (χ1n) is 6.52. The summed E-state index contributed by atoms with van der Waals surface area (Å²) < 4.78 is 28.6. The number of thiophene rings is 1. The van der Waals surface area contributed by atoms with E-state index in [-0.39, 0.29) is 0 Å². The quantitative estimate of drug-likeness (QED) is 0.727. The van der Waals surface area contributed by atoms with Crippen molar-refractivity contribution in [3.63, 3.8) is 0 Å². The van der Waals surface area contributed by atoms with Crippen LogP contribution in [0.4, 0.5) is 8.78 Å². The Morgan fingerprint density at radius 2 is 2.00 bits per heavy atom. The molecule has 1 fully saturated rings. The first-order valence-corrected chi connectivity index (χ1v) is 8.50. The largest absolute Gasteiger partial charge is 0.302 e. The minimum atomic E-state index is -1.21. The Morgan fingerprint density at radius 1 is 1.38 bits per heavy atom. The summed E-state index contributed by atoms with van der Waals surface area (Å²) in [6.45, 7) is -0.513. The highest BCUT2D eigenvalue weighted by Gasteiger charge is 2.43. The summed E-state index contributed by atoms with van der Waals surface area (Å²) in [4.78, 5) is 25.6. The minimum Gasteiger partial charge on any atom is -0.302 e. The second kappa shape index (κ2) is 6.40. The highest BCUT2D eigenvalue weighted by Crippen LogP contribution is 2.40. The van der Waals surface area contributed by atoms with Gasteiger partial charge in [-0.05, 0) is 34.1 Å². The standard InChI is InChI=1S/C14H8BrClF2N2O3S/c15-6-4-9(24-12(6)16)13-19(5-10(21)20(13)23)14(22)11-7(17)2-1-3-8(11)18/h1-4,13,23H,5H2. The fourth-order valence-corrected chi connectivity index (χ4v) is 4.20. The summed E-state index contributed by atoms with van der Waals surface area (Å²) in [5, 5.41) is 10.3. The van der Waals surface area contributed by atoms with Crippen LogP contribution in [0.15, 0.2) is 28.7 Å². The first-order chi connectivity index (χ1) is 11.3. The third-order valence-corrected chi connectivity index (χ3v) is 5.96. The maximum absolute atomic E-state index is 13.9. The molecule has 0 spiro atoms. The van der Waals surface area contributed by atoms with Crippen LogP contribution in [0.1, 0.15) is 21.4 Å². The first kappa shape index (κ1) is 17.3. The molecule has 126 valence electrons. The molecule has 1 aliphatic heterocycles. The third kappa shape index (κ3) is 2.81. The molecule has 1 atom stereocenters. The van der Waals surface area contributed by atoms with Crippen LogP contribution in [-0.2, 0) is 4.79 Å². The Balaban J connectivity index is 2.04. The molecule has 1 N–H and O–H groups in total. The van der Waals surface area contributed by atoms with Gasteiger partial charge in [-0.25, -0.2) is 8.78 Å². The van der Waals surface area contributed by atoms with Gasteiger partial charge < -0.3 is 4.90 Å². The summed E-state index contributed by atoms with van der Waals surface area (Å²) in [5.74, 6) is -3.91. The number of hydroxylamine groups is 2. The van der Waals surface area contributed by atoms with Crippen LogP contribution in [0.2, 0.25) is 4.34 Å². The van der Waals surface area contributed by atoms with Gasteiger partial charge in [-0.2, -0.15) is 5.06 Å². The molecule has 3 rings (SSSR count). The van der Waals surface area contributed by atoms with Gasteiger partial charge >= 0.3 is 0 Å². The Labute approximate surface area is 152 Å². The van der Waals surface area contributed by atoms with Crippen LogP contribution in [0.25, 0.3) is 0 Å². The molecule has 0 aliphatic carbocycles. The van der Waals surface area contributed by atoms with Crippen LogP contribution >= 0.6 is 38.9 Å². The average Bonchev–Trinajstić information content (AvgIpc) is 2.99. The molecule has 1 unspecified atom stereocenters. The van der Waals surface area contributed by atoms with Crippen molar-refractivity contribution in [1.29, 1.82) is 0 Å². The number of nitrogens with zero attached hydrogens (tertiary/aromatic N) is 2. The second-order valence-electron chi connectivity index (χ2n) is 4.91. The fourth-order valence-electron chi connectivity index (χ4n) is 2.37. The van der Waals surface area contributed by atoms with E-state index in [9.17, 15) is 23.6 Å².